The number of aryl methyl sites for hydroxylation is 1. The second-order valence-electron chi connectivity index (χ2n) is 5.06. The van der Waals surface area contributed by atoms with Crippen LogP contribution in [0.15, 0.2) is 59.3 Å². The number of nitrogens with one attached hydrogen (secondary N) is 2. The fourth-order valence-electron chi connectivity index (χ4n) is 2.11. The molecular weight excluding hydrogens is 354 g/mol. The van der Waals surface area contributed by atoms with Crippen LogP contribution in [-0.2, 0) is 0 Å². The summed E-state index contributed by atoms with van der Waals surface area (Å²) in [5.74, 6) is 1.15. The van der Waals surface area contributed by atoms with Crippen molar-refractivity contribution in [3.05, 3.63) is 64.9 Å². The number of aromatic nitrogens is 2. The number of halogens is 1. The zero-order chi connectivity index (χ0) is 16.2. The Morgan fingerprint density at radius 3 is 2.26 bits per heavy atom. The average molecular weight is 370 g/mol. The van der Waals surface area contributed by atoms with Crippen molar-refractivity contribution in [3.8, 4) is 0 Å². The van der Waals surface area contributed by atoms with Crippen LogP contribution in [0.4, 0.5) is 28.7 Å². The average Bonchev–Trinajstić information content (AvgIpc) is 2.55. The van der Waals surface area contributed by atoms with Crippen molar-refractivity contribution in [3.63, 3.8) is 0 Å². The van der Waals surface area contributed by atoms with Crippen LogP contribution in [0.2, 0.25) is 0 Å². The number of rotatable bonds is 4. The molecule has 0 saturated carbocycles. The molecule has 6 heteroatoms. The summed E-state index contributed by atoms with van der Waals surface area (Å²) in [6, 6.07) is 15.8. The van der Waals surface area contributed by atoms with Crippen LogP contribution >= 0.6 is 15.9 Å². The molecule has 4 N–H and O–H groups in total. The molecule has 0 spiro atoms. The summed E-state index contributed by atoms with van der Waals surface area (Å²) in [7, 11) is 0. The smallest absolute Gasteiger partial charge is 0.159 e. The largest absolute Gasteiger partial charge is 0.393 e. The van der Waals surface area contributed by atoms with Gasteiger partial charge in [-0.1, -0.05) is 34.1 Å². The van der Waals surface area contributed by atoms with Gasteiger partial charge in [0.25, 0.3) is 0 Å². The molecular formula is C17H16BrN5. The Morgan fingerprint density at radius 1 is 0.913 bits per heavy atom. The third-order valence-corrected chi connectivity index (χ3v) is 3.92. The SMILES string of the molecule is Cc1ccccc1Nc1ncnc(Nc2ccc(Br)cc2)c1N. The summed E-state index contributed by atoms with van der Waals surface area (Å²) in [4.78, 5) is 8.46. The minimum Gasteiger partial charge on any atom is -0.393 e. The van der Waals surface area contributed by atoms with E-state index in [4.69, 9.17) is 5.73 Å². The van der Waals surface area contributed by atoms with E-state index in [2.05, 4.69) is 36.5 Å². The minimum absolute atomic E-state index is 0.471. The fourth-order valence-corrected chi connectivity index (χ4v) is 2.37. The van der Waals surface area contributed by atoms with Gasteiger partial charge < -0.3 is 16.4 Å². The van der Waals surface area contributed by atoms with Crippen molar-refractivity contribution in [2.45, 2.75) is 6.92 Å². The molecule has 0 aliphatic carbocycles. The third-order valence-electron chi connectivity index (χ3n) is 3.39. The second kappa shape index (κ2) is 6.66. The molecule has 5 nitrogen and oxygen atoms in total. The molecule has 0 saturated heterocycles. The summed E-state index contributed by atoms with van der Waals surface area (Å²) in [5.41, 5.74) is 9.66. The van der Waals surface area contributed by atoms with Gasteiger partial charge in [0, 0.05) is 15.8 Å². The minimum atomic E-state index is 0.471. The van der Waals surface area contributed by atoms with Crippen LogP contribution in [0, 0.1) is 6.92 Å². The Balaban J connectivity index is 1.86. The maximum Gasteiger partial charge on any atom is 0.159 e. The van der Waals surface area contributed by atoms with Crippen molar-refractivity contribution in [2.75, 3.05) is 16.4 Å². The first-order valence-corrected chi connectivity index (χ1v) is 7.88. The lowest BCUT2D eigenvalue weighted by Gasteiger charge is -2.13. The molecule has 0 atom stereocenters. The lowest BCUT2D eigenvalue weighted by atomic mass is 10.2. The van der Waals surface area contributed by atoms with E-state index in [1.54, 1.807) is 0 Å². The van der Waals surface area contributed by atoms with Crippen molar-refractivity contribution >= 4 is 44.6 Å². The lowest BCUT2D eigenvalue weighted by Crippen LogP contribution is -2.05. The van der Waals surface area contributed by atoms with E-state index in [1.807, 2.05) is 55.5 Å². The predicted octanol–water partition coefficient (Wildman–Crippen LogP) is 4.62. The maximum atomic E-state index is 6.20. The summed E-state index contributed by atoms with van der Waals surface area (Å²) >= 11 is 3.41. The molecule has 23 heavy (non-hydrogen) atoms. The maximum absolute atomic E-state index is 6.20. The molecule has 1 heterocycles. The first-order valence-electron chi connectivity index (χ1n) is 7.09. The Bertz CT molecular complexity index is 817. The number of nitrogens with two attached hydrogens (primary N) is 1. The quantitative estimate of drug-likeness (QED) is 0.625. The van der Waals surface area contributed by atoms with Crippen molar-refractivity contribution in [2.24, 2.45) is 0 Å². The van der Waals surface area contributed by atoms with E-state index >= 15 is 0 Å². The summed E-state index contributed by atoms with van der Waals surface area (Å²) in [6.07, 6.45) is 1.48. The van der Waals surface area contributed by atoms with E-state index in [-0.39, 0.29) is 0 Å². The van der Waals surface area contributed by atoms with Crippen LogP contribution in [0.1, 0.15) is 5.56 Å². The topological polar surface area (TPSA) is 75.9 Å². The Kier molecular flexibility index (Phi) is 4.43. The summed E-state index contributed by atoms with van der Waals surface area (Å²) < 4.78 is 1.01. The standard InChI is InChI=1S/C17H16BrN5/c1-11-4-2-3-5-14(11)23-17-15(19)16(20-10-21-17)22-13-8-6-12(18)7-9-13/h2-10H,19H2,1H3,(H2,20,21,22,23). The van der Waals surface area contributed by atoms with Crippen LogP contribution < -0.4 is 16.4 Å². The van der Waals surface area contributed by atoms with E-state index in [1.165, 1.54) is 6.33 Å². The molecule has 0 aliphatic rings. The lowest BCUT2D eigenvalue weighted by molar-refractivity contribution is 1.17. The van der Waals surface area contributed by atoms with E-state index < -0.39 is 0 Å². The number of hydrogen-bond acceptors (Lipinski definition) is 5. The van der Waals surface area contributed by atoms with Gasteiger partial charge in [-0.05, 0) is 42.8 Å². The first kappa shape index (κ1) is 15.3. The Labute approximate surface area is 143 Å². The van der Waals surface area contributed by atoms with Gasteiger partial charge in [0.15, 0.2) is 11.6 Å². The zero-order valence-electron chi connectivity index (χ0n) is 12.5. The van der Waals surface area contributed by atoms with Crippen LogP contribution in [0.25, 0.3) is 0 Å². The highest BCUT2D eigenvalue weighted by atomic mass is 79.9. The van der Waals surface area contributed by atoms with Gasteiger partial charge in [-0.3, -0.25) is 0 Å². The molecule has 0 fully saturated rings. The van der Waals surface area contributed by atoms with E-state index in [0.717, 1.165) is 21.4 Å². The van der Waals surface area contributed by atoms with Gasteiger partial charge in [0.2, 0.25) is 0 Å². The highest BCUT2D eigenvalue weighted by molar-refractivity contribution is 9.10. The predicted molar refractivity (Wildman–Crippen MR) is 98.3 cm³/mol. The molecule has 0 radical (unpaired) electrons. The van der Waals surface area contributed by atoms with Gasteiger partial charge in [0.1, 0.15) is 12.0 Å². The van der Waals surface area contributed by atoms with Gasteiger partial charge in [-0.2, -0.15) is 0 Å². The van der Waals surface area contributed by atoms with Gasteiger partial charge in [-0.15, -0.1) is 0 Å². The van der Waals surface area contributed by atoms with Gasteiger partial charge in [-0.25, -0.2) is 9.97 Å². The molecule has 0 aliphatic heterocycles. The highest BCUT2D eigenvalue weighted by Crippen LogP contribution is 2.29. The molecule has 0 bridgehead atoms. The third kappa shape index (κ3) is 3.60. The molecule has 2 aromatic carbocycles. The first-order chi connectivity index (χ1) is 11.1. The number of nitrogen functional groups attached to an aromatic ring is 1. The van der Waals surface area contributed by atoms with Crippen LogP contribution in [-0.4, -0.2) is 9.97 Å². The van der Waals surface area contributed by atoms with Crippen molar-refractivity contribution < 1.29 is 0 Å². The molecule has 116 valence electrons. The van der Waals surface area contributed by atoms with E-state index in [0.29, 0.717) is 17.3 Å². The molecule has 0 amide bonds. The van der Waals surface area contributed by atoms with E-state index in [9.17, 15) is 0 Å². The van der Waals surface area contributed by atoms with Gasteiger partial charge in [0.05, 0.1) is 0 Å². The zero-order valence-corrected chi connectivity index (χ0v) is 14.1. The number of hydrogen-bond donors (Lipinski definition) is 3. The number of para-hydroxylation sites is 1. The van der Waals surface area contributed by atoms with Crippen molar-refractivity contribution in [1.29, 1.82) is 0 Å². The highest BCUT2D eigenvalue weighted by Gasteiger charge is 2.09. The number of benzene rings is 2. The van der Waals surface area contributed by atoms with Crippen molar-refractivity contribution in [1.82, 2.24) is 9.97 Å². The molecule has 3 rings (SSSR count). The monoisotopic (exact) mass is 369 g/mol. The summed E-state index contributed by atoms with van der Waals surface area (Å²) in [6.45, 7) is 2.03. The molecule has 1 aromatic heterocycles. The second-order valence-corrected chi connectivity index (χ2v) is 5.97. The normalized spacial score (nSPS) is 10.3. The summed E-state index contributed by atoms with van der Waals surface area (Å²) in [5, 5.41) is 6.46. The van der Waals surface area contributed by atoms with Crippen LogP contribution in [0.5, 0.6) is 0 Å². The van der Waals surface area contributed by atoms with Gasteiger partial charge >= 0.3 is 0 Å². The molecule has 3 aromatic rings. The number of nitrogens with zero attached hydrogens (tertiary/aromatic N) is 2. The van der Waals surface area contributed by atoms with Crippen LogP contribution in [0.3, 0.4) is 0 Å². The Hall–Kier alpha value is -2.60. The number of anilines is 5. The Morgan fingerprint density at radius 2 is 1.57 bits per heavy atom. The fraction of sp³-hybridized carbons (Fsp3) is 0.0588. The molecule has 0 unspecified atom stereocenters.